The summed E-state index contributed by atoms with van der Waals surface area (Å²) in [6.07, 6.45) is 7.51. The van der Waals surface area contributed by atoms with Crippen molar-refractivity contribution in [3.63, 3.8) is 0 Å². The van der Waals surface area contributed by atoms with Crippen molar-refractivity contribution in [1.82, 2.24) is 4.31 Å². The number of carbonyl (C=O) groups is 1. The fourth-order valence-corrected chi connectivity index (χ4v) is 6.35. The van der Waals surface area contributed by atoms with Gasteiger partial charge in [-0.05, 0) is 62.1 Å². The van der Waals surface area contributed by atoms with Crippen LogP contribution in [0.3, 0.4) is 0 Å². The molecule has 25 heavy (non-hydrogen) atoms. The zero-order chi connectivity index (χ0) is 17.4. The first kappa shape index (κ1) is 17.0. The monoisotopic (exact) mass is 362 g/mol. The summed E-state index contributed by atoms with van der Waals surface area (Å²) >= 11 is 0. The molecule has 1 aliphatic heterocycles. The summed E-state index contributed by atoms with van der Waals surface area (Å²) in [7, 11) is -3.47. The van der Waals surface area contributed by atoms with Gasteiger partial charge in [-0.3, -0.25) is 4.79 Å². The van der Waals surface area contributed by atoms with Gasteiger partial charge in [-0.2, -0.15) is 4.31 Å². The number of nitrogens with one attached hydrogen (secondary N) is 1. The molecule has 0 unspecified atom stereocenters. The predicted octanol–water partition coefficient (Wildman–Crippen LogP) is 3.24. The molecule has 1 N–H and O–H groups in total. The largest absolute Gasteiger partial charge is 0.326 e. The van der Waals surface area contributed by atoms with E-state index in [0.717, 1.165) is 32.1 Å². The molecule has 1 saturated heterocycles. The molecule has 4 rings (SSSR count). The number of piperidine rings is 1. The molecule has 1 aromatic rings. The molecular formula is C19H26N2O3S. The summed E-state index contributed by atoms with van der Waals surface area (Å²) in [6.45, 7) is 1.17. The minimum absolute atomic E-state index is 0.0553. The third-order valence-electron chi connectivity index (χ3n) is 6.13. The molecular weight excluding hydrogens is 336 g/mol. The SMILES string of the molecule is O=C(Nc1cccc(S(=O)(=O)N2CCCCC2)c1)[C@@H]1C[C@H]2CC[C@H]1C2. The average molecular weight is 362 g/mol. The number of nitrogens with zero attached hydrogens (tertiary/aromatic N) is 1. The molecule has 1 aromatic carbocycles. The molecule has 0 radical (unpaired) electrons. The third-order valence-corrected chi connectivity index (χ3v) is 8.02. The highest BCUT2D eigenvalue weighted by Gasteiger charge is 2.43. The molecule has 6 heteroatoms. The second kappa shape index (κ2) is 6.72. The number of anilines is 1. The van der Waals surface area contributed by atoms with E-state index >= 15 is 0 Å². The van der Waals surface area contributed by atoms with Crippen LogP contribution >= 0.6 is 0 Å². The summed E-state index contributed by atoms with van der Waals surface area (Å²) in [4.78, 5) is 12.9. The Kier molecular flexibility index (Phi) is 4.58. The lowest BCUT2D eigenvalue weighted by Crippen LogP contribution is -2.35. The lowest BCUT2D eigenvalue weighted by Gasteiger charge is -2.26. The van der Waals surface area contributed by atoms with Crippen LogP contribution < -0.4 is 5.32 Å². The van der Waals surface area contributed by atoms with Crippen LogP contribution in [0.5, 0.6) is 0 Å². The van der Waals surface area contributed by atoms with E-state index in [1.54, 1.807) is 28.6 Å². The zero-order valence-corrected chi connectivity index (χ0v) is 15.3. The first-order valence-corrected chi connectivity index (χ1v) is 10.9. The Bertz CT molecular complexity index is 756. The summed E-state index contributed by atoms with van der Waals surface area (Å²) in [5.74, 6) is 1.39. The number of hydrogen-bond acceptors (Lipinski definition) is 3. The number of benzene rings is 1. The van der Waals surface area contributed by atoms with Gasteiger partial charge in [0, 0.05) is 24.7 Å². The van der Waals surface area contributed by atoms with Crippen molar-refractivity contribution in [1.29, 1.82) is 0 Å². The molecule has 136 valence electrons. The minimum Gasteiger partial charge on any atom is -0.326 e. The predicted molar refractivity (Wildman–Crippen MR) is 96.6 cm³/mol. The number of rotatable bonds is 4. The van der Waals surface area contributed by atoms with E-state index in [1.165, 1.54) is 12.8 Å². The van der Waals surface area contributed by atoms with E-state index < -0.39 is 10.0 Å². The van der Waals surface area contributed by atoms with Crippen LogP contribution in [0.15, 0.2) is 29.2 Å². The maximum atomic E-state index is 12.8. The number of amides is 1. The summed E-state index contributed by atoms with van der Waals surface area (Å²) < 4.78 is 27.2. The molecule has 3 aliphatic rings. The van der Waals surface area contributed by atoms with E-state index in [2.05, 4.69) is 5.32 Å². The van der Waals surface area contributed by atoms with Gasteiger partial charge in [-0.25, -0.2) is 8.42 Å². The highest BCUT2D eigenvalue weighted by Crippen LogP contribution is 2.48. The fraction of sp³-hybridized carbons (Fsp3) is 0.632. The normalized spacial score (nSPS) is 29.7. The van der Waals surface area contributed by atoms with Crippen molar-refractivity contribution >= 4 is 21.6 Å². The quantitative estimate of drug-likeness (QED) is 0.894. The van der Waals surface area contributed by atoms with Crippen LogP contribution in [0.1, 0.15) is 44.9 Å². The highest BCUT2D eigenvalue weighted by atomic mass is 32.2. The number of carbonyl (C=O) groups excluding carboxylic acids is 1. The van der Waals surface area contributed by atoms with Crippen LogP contribution in [0, 0.1) is 17.8 Å². The Labute approximate surface area is 149 Å². The molecule has 2 bridgehead atoms. The highest BCUT2D eigenvalue weighted by molar-refractivity contribution is 7.89. The van der Waals surface area contributed by atoms with Crippen LogP contribution in [-0.2, 0) is 14.8 Å². The summed E-state index contributed by atoms with van der Waals surface area (Å²) in [6, 6.07) is 6.72. The first-order chi connectivity index (χ1) is 12.0. The first-order valence-electron chi connectivity index (χ1n) is 9.45. The van der Waals surface area contributed by atoms with Crippen molar-refractivity contribution in [3.05, 3.63) is 24.3 Å². The van der Waals surface area contributed by atoms with Crippen LogP contribution in [0.2, 0.25) is 0 Å². The molecule has 1 amide bonds. The number of fused-ring (bicyclic) bond motifs is 2. The molecule has 0 aromatic heterocycles. The van der Waals surface area contributed by atoms with Gasteiger partial charge in [-0.15, -0.1) is 0 Å². The van der Waals surface area contributed by atoms with Crippen molar-refractivity contribution < 1.29 is 13.2 Å². The Morgan fingerprint density at radius 1 is 1.08 bits per heavy atom. The molecule has 3 atom stereocenters. The Balaban J connectivity index is 1.48. The fourth-order valence-electron chi connectivity index (χ4n) is 4.79. The number of sulfonamides is 1. The molecule has 5 nitrogen and oxygen atoms in total. The molecule has 2 aliphatic carbocycles. The number of hydrogen-bond donors (Lipinski definition) is 1. The second-order valence-electron chi connectivity index (χ2n) is 7.76. The molecule has 3 fully saturated rings. The van der Waals surface area contributed by atoms with Crippen LogP contribution in [-0.4, -0.2) is 31.7 Å². The van der Waals surface area contributed by atoms with E-state index in [9.17, 15) is 13.2 Å². The second-order valence-corrected chi connectivity index (χ2v) is 9.70. The van der Waals surface area contributed by atoms with E-state index in [1.807, 2.05) is 0 Å². The minimum atomic E-state index is -3.47. The maximum Gasteiger partial charge on any atom is 0.243 e. The lowest BCUT2D eigenvalue weighted by atomic mass is 9.88. The smallest absolute Gasteiger partial charge is 0.243 e. The summed E-state index contributed by atoms with van der Waals surface area (Å²) in [5.41, 5.74) is 0.589. The van der Waals surface area contributed by atoms with Crippen molar-refractivity contribution in [2.24, 2.45) is 17.8 Å². The summed E-state index contributed by atoms with van der Waals surface area (Å²) in [5, 5.41) is 2.96. The van der Waals surface area contributed by atoms with Gasteiger partial charge < -0.3 is 5.32 Å². The van der Waals surface area contributed by atoms with E-state index in [-0.39, 0.29) is 16.7 Å². The van der Waals surface area contributed by atoms with Gasteiger partial charge in [-0.1, -0.05) is 18.9 Å². The standard InChI is InChI=1S/C19H26N2O3S/c22-19(18-12-14-7-8-15(18)11-14)20-16-5-4-6-17(13-16)25(23,24)21-9-2-1-3-10-21/h4-6,13-15,18H,1-3,7-12H2,(H,20,22)/t14-,15-,18+/m0/s1. The van der Waals surface area contributed by atoms with Crippen LogP contribution in [0.4, 0.5) is 5.69 Å². The lowest BCUT2D eigenvalue weighted by molar-refractivity contribution is -0.121. The van der Waals surface area contributed by atoms with Gasteiger partial charge in [0.05, 0.1) is 4.90 Å². The van der Waals surface area contributed by atoms with Crippen molar-refractivity contribution in [2.75, 3.05) is 18.4 Å². The Morgan fingerprint density at radius 2 is 1.88 bits per heavy atom. The van der Waals surface area contributed by atoms with Gasteiger partial charge >= 0.3 is 0 Å². The van der Waals surface area contributed by atoms with E-state index in [4.69, 9.17) is 0 Å². The van der Waals surface area contributed by atoms with Gasteiger partial charge in [0.25, 0.3) is 0 Å². The van der Waals surface area contributed by atoms with Gasteiger partial charge in [0.15, 0.2) is 0 Å². The molecule has 1 heterocycles. The van der Waals surface area contributed by atoms with E-state index in [0.29, 0.717) is 30.6 Å². The van der Waals surface area contributed by atoms with Gasteiger partial charge in [0.1, 0.15) is 0 Å². The Hall–Kier alpha value is -1.40. The van der Waals surface area contributed by atoms with Crippen LogP contribution in [0.25, 0.3) is 0 Å². The third kappa shape index (κ3) is 3.34. The van der Waals surface area contributed by atoms with Crippen molar-refractivity contribution in [3.8, 4) is 0 Å². The Morgan fingerprint density at radius 3 is 2.56 bits per heavy atom. The molecule has 0 spiro atoms. The average Bonchev–Trinajstić information content (AvgIpc) is 3.26. The van der Waals surface area contributed by atoms with Crippen molar-refractivity contribution in [2.45, 2.75) is 49.8 Å². The zero-order valence-electron chi connectivity index (χ0n) is 14.5. The molecule has 2 saturated carbocycles. The van der Waals surface area contributed by atoms with Gasteiger partial charge in [0.2, 0.25) is 15.9 Å². The topological polar surface area (TPSA) is 66.5 Å². The maximum absolute atomic E-state index is 12.8.